The molecular weight excluding hydrogens is 390 g/mol. The Balaban J connectivity index is 1.67. The predicted molar refractivity (Wildman–Crippen MR) is 120 cm³/mol. The van der Waals surface area contributed by atoms with Gasteiger partial charge in [0.05, 0.1) is 0 Å². The summed E-state index contributed by atoms with van der Waals surface area (Å²) in [6.45, 7) is 8.02. The molecule has 0 saturated carbocycles. The highest BCUT2D eigenvalue weighted by molar-refractivity contribution is 6.10. The van der Waals surface area contributed by atoms with Crippen LogP contribution < -0.4 is 14.8 Å². The molecule has 2 aromatic carbocycles. The van der Waals surface area contributed by atoms with E-state index < -0.39 is 5.91 Å². The zero-order valence-electron chi connectivity index (χ0n) is 17.9. The van der Waals surface area contributed by atoms with Crippen molar-refractivity contribution in [1.29, 1.82) is 5.26 Å². The Morgan fingerprint density at radius 3 is 2.48 bits per heavy atom. The van der Waals surface area contributed by atoms with E-state index in [4.69, 9.17) is 9.47 Å². The van der Waals surface area contributed by atoms with Crippen LogP contribution in [0.3, 0.4) is 0 Å². The van der Waals surface area contributed by atoms with Gasteiger partial charge in [0.2, 0.25) is 6.79 Å². The van der Waals surface area contributed by atoms with Gasteiger partial charge in [-0.2, -0.15) is 5.26 Å². The van der Waals surface area contributed by atoms with Crippen molar-refractivity contribution < 1.29 is 14.3 Å². The van der Waals surface area contributed by atoms with Gasteiger partial charge < -0.3 is 19.4 Å². The van der Waals surface area contributed by atoms with Crippen LogP contribution in [0.25, 0.3) is 11.8 Å². The molecule has 31 heavy (non-hydrogen) atoms. The van der Waals surface area contributed by atoms with E-state index in [-0.39, 0.29) is 12.4 Å². The van der Waals surface area contributed by atoms with Crippen molar-refractivity contribution in [2.45, 2.75) is 27.7 Å². The maximum atomic E-state index is 12.8. The summed E-state index contributed by atoms with van der Waals surface area (Å²) in [5.74, 6) is 1.00. The number of amides is 1. The number of aryl methyl sites for hydroxylation is 3. The topological polar surface area (TPSA) is 76.3 Å². The third-order valence-electron chi connectivity index (χ3n) is 5.47. The minimum atomic E-state index is -0.423. The summed E-state index contributed by atoms with van der Waals surface area (Å²) in [5, 5.41) is 12.5. The van der Waals surface area contributed by atoms with E-state index in [2.05, 4.69) is 9.88 Å². The van der Waals surface area contributed by atoms with Crippen LogP contribution in [0, 0.1) is 39.0 Å². The Morgan fingerprint density at radius 1 is 1.06 bits per heavy atom. The van der Waals surface area contributed by atoms with Crippen molar-refractivity contribution in [3.63, 3.8) is 0 Å². The van der Waals surface area contributed by atoms with E-state index in [1.165, 1.54) is 0 Å². The molecule has 1 N–H and O–H groups in total. The lowest BCUT2D eigenvalue weighted by Gasteiger charge is -2.11. The number of nitriles is 1. The molecule has 3 aromatic rings. The molecule has 0 aliphatic carbocycles. The van der Waals surface area contributed by atoms with Crippen molar-refractivity contribution in [2.24, 2.45) is 0 Å². The van der Waals surface area contributed by atoms with Gasteiger partial charge in [0.25, 0.3) is 5.91 Å². The Hall–Kier alpha value is -3.98. The Kier molecular flexibility index (Phi) is 5.26. The van der Waals surface area contributed by atoms with Crippen LogP contribution in [0.1, 0.15) is 28.1 Å². The first kappa shape index (κ1) is 20.3. The maximum absolute atomic E-state index is 12.8. The highest BCUT2D eigenvalue weighted by atomic mass is 16.7. The normalized spacial score (nSPS) is 12.5. The summed E-state index contributed by atoms with van der Waals surface area (Å²) in [6.07, 6.45) is 1.63. The van der Waals surface area contributed by atoms with E-state index in [0.29, 0.717) is 5.75 Å². The fraction of sp³-hybridized carbons (Fsp3) is 0.200. The summed E-state index contributed by atoms with van der Waals surface area (Å²) in [4.78, 5) is 12.8. The number of nitrogens with zero attached hydrogens (tertiary/aromatic N) is 2. The minimum Gasteiger partial charge on any atom is -0.454 e. The number of ether oxygens (including phenoxy) is 2. The standard InChI is InChI=1S/C25H23N3O3/c1-15-6-5-7-16(2)24(15)27-25(29)20(13-26)11-19-10-17(3)28(18(19)4)21-8-9-22-23(12-21)31-14-30-22/h5-12H,14H2,1-4H3,(H,27,29)/b20-11+. The Labute approximate surface area is 181 Å². The van der Waals surface area contributed by atoms with Crippen molar-refractivity contribution in [1.82, 2.24) is 4.57 Å². The van der Waals surface area contributed by atoms with Gasteiger partial charge in [-0.15, -0.1) is 0 Å². The molecule has 0 radical (unpaired) electrons. The molecule has 6 heteroatoms. The van der Waals surface area contributed by atoms with E-state index in [1.54, 1.807) is 6.08 Å². The van der Waals surface area contributed by atoms with E-state index >= 15 is 0 Å². The lowest BCUT2D eigenvalue weighted by atomic mass is 10.1. The van der Waals surface area contributed by atoms with Gasteiger partial charge in [-0.25, -0.2) is 0 Å². The van der Waals surface area contributed by atoms with Crippen LogP contribution in [0.4, 0.5) is 5.69 Å². The molecule has 1 amide bonds. The molecule has 1 aliphatic heterocycles. The van der Waals surface area contributed by atoms with E-state index in [1.807, 2.05) is 76.2 Å². The molecule has 156 valence electrons. The fourth-order valence-corrected chi connectivity index (χ4v) is 3.85. The van der Waals surface area contributed by atoms with Crippen molar-refractivity contribution in [2.75, 3.05) is 12.1 Å². The van der Waals surface area contributed by atoms with Gasteiger partial charge >= 0.3 is 0 Å². The molecule has 2 heterocycles. The second kappa shape index (κ2) is 8.04. The first-order valence-electron chi connectivity index (χ1n) is 9.97. The van der Waals surface area contributed by atoms with Gasteiger partial charge in [0, 0.05) is 28.8 Å². The SMILES string of the molecule is Cc1cccc(C)c1NC(=O)/C(C#N)=C/c1cc(C)n(-c2ccc3c(c2)OCO3)c1C. The number of benzene rings is 2. The smallest absolute Gasteiger partial charge is 0.266 e. The van der Waals surface area contributed by atoms with Crippen LogP contribution in [-0.4, -0.2) is 17.3 Å². The summed E-state index contributed by atoms with van der Waals surface area (Å²) in [6, 6.07) is 15.6. The van der Waals surface area contributed by atoms with Crippen LogP contribution in [0.5, 0.6) is 11.5 Å². The Bertz CT molecular complexity index is 1240. The molecule has 0 fully saturated rings. The van der Waals surface area contributed by atoms with Crippen LogP contribution in [-0.2, 0) is 4.79 Å². The van der Waals surface area contributed by atoms with Gasteiger partial charge in [-0.3, -0.25) is 4.79 Å². The third-order valence-corrected chi connectivity index (χ3v) is 5.47. The number of hydrogen-bond acceptors (Lipinski definition) is 4. The fourth-order valence-electron chi connectivity index (χ4n) is 3.85. The number of para-hydroxylation sites is 1. The molecule has 6 nitrogen and oxygen atoms in total. The zero-order chi connectivity index (χ0) is 22.1. The summed E-state index contributed by atoms with van der Waals surface area (Å²) >= 11 is 0. The second-order valence-electron chi connectivity index (χ2n) is 7.59. The van der Waals surface area contributed by atoms with E-state index in [0.717, 1.165) is 45.2 Å². The molecule has 0 atom stereocenters. The van der Waals surface area contributed by atoms with Crippen molar-refractivity contribution >= 4 is 17.7 Å². The summed E-state index contributed by atoms with van der Waals surface area (Å²) in [7, 11) is 0. The molecule has 0 bridgehead atoms. The lowest BCUT2D eigenvalue weighted by Crippen LogP contribution is -2.15. The summed E-state index contributed by atoms with van der Waals surface area (Å²) < 4.78 is 12.9. The molecule has 1 aliphatic rings. The first-order chi connectivity index (χ1) is 14.9. The van der Waals surface area contributed by atoms with Crippen molar-refractivity contribution in [3.8, 4) is 23.3 Å². The minimum absolute atomic E-state index is 0.0496. The monoisotopic (exact) mass is 413 g/mol. The molecule has 1 aromatic heterocycles. The van der Waals surface area contributed by atoms with Crippen LogP contribution in [0.2, 0.25) is 0 Å². The number of hydrogen-bond donors (Lipinski definition) is 1. The number of nitrogens with one attached hydrogen (secondary N) is 1. The van der Waals surface area contributed by atoms with Gasteiger partial charge in [-0.1, -0.05) is 18.2 Å². The largest absolute Gasteiger partial charge is 0.454 e. The first-order valence-corrected chi connectivity index (χ1v) is 9.97. The average Bonchev–Trinajstić information content (AvgIpc) is 3.32. The summed E-state index contributed by atoms with van der Waals surface area (Å²) in [5.41, 5.74) is 6.33. The maximum Gasteiger partial charge on any atom is 0.266 e. The van der Waals surface area contributed by atoms with Crippen molar-refractivity contribution in [3.05, 3.63) is 76.1 Å². The zero-order valence-corrected chi connectivity index (χ0v) is 17.9. The molecule has 4 rings (SSSR count). The number of carbonyl (C=O) groups excluding carboxylic acids is 1. The average molecular weight is 413 g/mol. The number of rotatable bonds is 4. The third kappa shape index (κ3) is 3.78. The highest BCUT2D eigenvalue weighted by Gasteiger charge is 2.18. The van der Waals surface area contributed by atoms with Gasteiger partial charge in [0.1, 0.15) is 11.6 Å². The predicted octanol–water partition coefficient (Wildman–Crippen LogP) is 4.99. The lowest BCUT2D eigenvalue weighted by molar-refractivity contribution is -0.112. The van der Waals surface area contributed by atoms with Gasteiger partial charge in [0.15, 0.2) is 11.5 Å². The number of anilines is 1. The molecular formula is C25H23N3O3. The number of carbonyl (C=O) groups is 1. The van der Waals surface area contributed by atoms with Crippen LogP contribution in [0.15, 0.2) is 48.0 Å². The van der Waals surface area contributed by atoms with E-state index in [9.17, 15) is 10.1 Å². The second-order valence-corrected chi connectivity index (χ2v) is 7.59. The van der Waals surface area contributed by atoms with Crippen LogP contribution >= 0.6 is 0 Å². The molecule has 0 saturated heterocycles. The number of fused-ring (bicyclic) bond motifs is 1. The molecule has 0 spiro atoms. The quantitative estimate of drug-likeness (QED) is 0.483. The highest BCUT2D eigenvalue weighted by Crippen LogP contribution is 2.35. The molecule has 0 unspecified atom stereocenters. The number of aromatic nitrogens is 1. The van der Waals surface area contributed by atoms with Gasteiger partial charge in [-0.05, 0) is 68.7 Å². The Morgan fingerprint density at radius 2 is 1.77 bits per heavy atom.